The summed E-state index contributed by atoms with van der Waals surface area (Å²) in [7, 11) is 1.69. The van der Waals surface area contributed by atoms with Gasteiger partial charge >= 0.3 is 0 Å². The van der Waals surface area contributed by atoms with Crippen LogP contribution in [0.25, 0.3) is 0 Å². The van der Waals surface area contributed by atoms with Crippen molar-refractivity contribution in [3.8, 4) is 11.5 Å². The van der Waals surface area contributed by atoms with Crippen molar-refractivity contribution < 1.29 is 9.47 Å². The Kier molecular flexibility index (Phi) is 6.98. The Morgan fingerprint density at radius 1 is 1.39 bits per heavy atom. The Labute approximate surface area is 114 Å². The van der Waals surface area contributed by atoms with Crippen LogP contribution in [0.4, 0.5) is 0 Å². The second kappa shape index (κ2) is 8.27. The normalized spacial score (nSPS) is 12.2. The first-order valence-electron chi connectivity index (χ1n) is 6.23. The lowest BCUT2D eigenvalue weighted by Crippen LogP contribution is -2.27. The van der Waals surface area contributed by atoms with Crippen LogP contribution in [0, 0.1) is 0 Å². The van der Waals surface area contributed by atoms with Gasteiger partial charge in [0.1, 0.15) is 0 Å². The van der Waals surface area contributed by atoms with Crippen molar-refractivity contribution in [3.05, 3.63) is 23.8 Å². The van der Waals surface area contributed by atoms with Gasteiger partial charge in [-0.2, -0.15) is 11.8 Å². The minimum atomic E-state index is 0.487. The van der Waals surface area contributed by atoms with Crippen molar-refractivity contribution in [3.63, 3.8) is 0 Å². The molecule has 0 bridgehead atoms. The number of ether oxygens (including phenoxy) is 2. The molecule has 1 rings (SSSR count). The number of nitrogens with one attached hydrogen (secondary N) is 1. The van der Waals surface area contributed by atoms with Gasteiger partial charge in [0.2, 0.25) is 0 Å². The number of benzene rings is 1. The van der Waals surface area contributed by atoms with E-state index >= 15 is 0 Å². The Morgan fingerprint density at radius 2 is 2.17 bits per heavy atom. The largest absolute Gasteiger partial charge is 0.493 e. The van der Waals surface area contributed by atoms with E-state index in [1.54, 1.807) is 7.11 Å². The highest BCUT2D eigenvalue weighted by Crippen LogP contribution is 2.30. The lowest BCUT2D eigenvalue weighted by Gasteiger charge is -2.16. The molecule has 18 heavy (non-hydrogen) atoms. The van der Waals surface area contributed by atoms with Gasteiger partial charge in [0, 0.05) is 23.9 Å². The van der Waals surface area contributed by atoms with Crippen molar-refractivity contribution in [1.82, 2.24) is 5.32 Å². The molecule has 0 radical (unpaired) electrons. The maximum atomic E-state index is 5.57. The fourth-order valence-corrected chi connectivity index (χ4v) is 2.41. The molecule has 3 nitrogen and oxygen atoms in total. The molecule has 0 saturated heterocycles. The Bertz CT molecular complexity index is 358. The topological polar surface area (TPSA) is 30.5 Å². The quantitative estimate of drug-likeness (QED) is 0.786. The minimum absolute atomic E-state index is 0.487. The van der Waals surface area contributed by atoms with E-state index in [-0.39, 0.29) is 0 Å². The highest BCUT2D eigenvalue weighted by Gasteiger charge is 2.10. The molecular weight excluding hydrogens is 246 g/mol. The van der Waals surface area contributed by atoms with E-state index in [0.29, 0.717) is 12.6 Å². The van der Waals surface area contributed by atoms with Crippen molar-refractivity contribution in [1.29, 1.82) is 0 Å². The van der Waals surface area contributed by atoms with Gasteiger partial charge in [-0.05, 0) is 26.2 Å². The van der Waals surface area contributed by atoms with Gasteiger partial charge in [0.25, 0.3) is 0 Å². The molecule has 102 valence electrons. The number of thioether (sulfide) groups is 1. The average molecular weight is 269 g/mol. The molecule has 1 atom stereocenters. The van der Waals surface area contributed by atoms with Crippen LogP contribution in [0.3, 0.4) is 0 Å². The molecule has 0 aliphatic heterocycles. The fourth-order valence-electron chi connectivity index (χ4n) is 1.79. The second-order valence-electron chi connectivity index (χ2n) is 4.12. The third-order valence-corrected chi connectivity index (χ3v) is 3.46. The molecule has 1 unspecified atom stereocenters. The fraction of sp³-hybridized carbons (Fsp3) is 0.571. The molecule has 0 aliphatic carbocycles. The van der Waals surface area contributed by atoms with Crippen LogP contribution in [-0.2, 0) is 6.54 Å². The predicted molar refractivity (Wildman–Crippen MR) is 78.8 cm³/mol. The molecule has 0 saturated carbocycles. The third kappa shape index (κ3) is 4.42. The number of methoxy groups -OCH3 is 1. The Balaban J connectivity index is 2.72. The molecule has 1 aromatic carbocycles. The first-order chi connectivity index (χ1) is 8.72. The van der Waals surface area contributed by atoms with Crippen LogP contribution in [0.2, 0.25) is 0 Å². The van der Waals surface area contributed by atoms with E-state index < -0.39 is 0 Å². The maximum absolute atomic E-state index is 5.57. The minimum Gasteiger partial charge on any atom is -0.493 e. The Hall–Kier alpha value is -0.870. The molecular formula is C14H23NO2S. The number of rotatable bonds is 8. The molecule has 0 aromatic heterocycles. The summed E-state index contributed by atoms with van der Waals surface area (Å²) >= 11 is 1.85. The van der Waals surface area contributed by atoms with Crippen LogP contribution in [0.15, 0.2) is 18.2 Å². The van der Waals surface area contributed by atoms with E-state index in [2.05, 4.69) is 24.6 Å². The van der Waals surface area contributed by atoms with Crippen LogP contribution < -0.4 is 14.8 Å². The maximum Gasteiger partial charge on any atom is 0.165 e. The zero-order chi connectivity index (χ0) is 13.4. The number of hydrogen-bond acceptors (Lipinski definition) is 4. The first kappa shape index (κ1) is 15.2. The smallest absolute Gasteiger partial charge is 0.165 e. The zero-order valence-corrected chi connectivity index (χ0v) is 12.5. The lowest BCUT2D eigenvalue weighted by molar-refractivity contribution is 0.308. The van der Waals surface area contributed by atoms with Crippen molar-refractivity contribution in [2.24, 2.45) is 0 Å². The van der Waals surface area contributed by atoms with Gasteiger partial charge in [0.05, 0.1) is 13.7 Å². The summed E-state index contributed by atoms with van der Waals surface area (Å²) in [4.78, 5) is 0. The summed E-state index contributed by atoms with van der Waals surface area (Å²) in [6.45, 7) is 5.61. The van der Waals surface area contributed by atoms with E-state index in [1.807, 2.05) is 30.8 Å². The summed E-state index contributed by atoms with van der Waals surface area (Å²) in [5.74, 6) is 2.76. The second-order valence-corrected chi connectivity index (χ2v) is 5.03. The molecule has 0 amide bonds. The van der Waals surface area contributed by atoms with Gasteiger partial charge in [-0.1, -0.05) is 12.1 Å². The molecule has 1 aromatic rings. The van der Waals surface area contributed by atoms with Gasteiger partial charge in [-0.15, -0.1) is 0 Å². The number of hydrogen-bond donors (Lipinski definition) is 1. The zero-order valence-electron chi connectivity index (χ0n) is 11.7. The van der Waals surface area contributed by atoms with E-state index in [1.165, 1.54) is 0 Å². The summed E-state index contributed by atoms with van der Waals surface area (Å²) in [5.41, 5.74) is 1.14. The molecule has 0 heterocycles. The van der Waals surface area contributed by atoms with E-state index in [9.17, 15) is 0 Å². The SMILES string of the molecule is CCOc1cccc(CNC(C)CSC)c1OC. The lowest BCUT2D eigenvalue weighted by atomic mass is 10.1. The summed E-state index contributed by atoms with van der Waals surface area (Å²) in [5, 5.41) is 3.49. The standard InChI is InChI=1S/C14H23NO2S/c1-5-17-13-8-6-7-12(14(13)16-3)9-15-11(2)10-18-4/h6-8,11,15H,5,9-10H2,1-4H3. The molecule has 0 fully saturated rings. The summed E-state index contributed by atoms with van der Waals surface area (Å²) < 4.78 is 11.0. The first-order valence-corrected chi connectivity index (χ1v) is 7.63. The van der Waals surface area contributed by atoms with Gasteiger partial charge in [-0.3, -0.25) is 0 Å². The highest BCUT2D eigenvalue weighted by molar-refractivity contribution is 7.98. The van der Waals surface area contributed by atoms with E-state index in [0.717, 1.165) is 29.4 Å². The molecule has 1 N–H and O–H groups in total. The van der Waals surface area contributed by atoms with Gasteiger partial charge in [0.15, 0.2) is 11.5 Å². The van der Waals surface area contributed by atoms with Crippen LogP contribution in [0.1, 0.15) is 19.4 Å². The number of para-hydroxylation sites is 1. The monoisotopic (exact) mass is 269 g/mol. The third-order valence-electron chi connectivity index (χ3n) is 2.62. The van der Waals surface area contributed by atoms with Crippen molar-refractivity contribution >= 4 is 11.8 Å². The van der Waals surface area contributed by atoms with E-state index in [4.69, 9.17) is 9.47 Å². The highest BCUT2D eigenvalue weighted by atomic mass is 32.2. The van der Waals surface area contributed by atoms with Crippen molar-refractivity contribution in [2.75, 3.05) is 25.7 Å². The van der Waals surface area contributed by atoms with Crippen LogP contribution in [-0.4, -0.2) is 31.8 Å². The predicted octanol–water partition coefficient (Wildman–Crippen LogP) is 2.94. The van der Waals surface area contributed by atoms with Gasteiger partial charge in [-0.25, -0.2) is 0 Å². The van der Waals surface area contributed by atoms with Crippen molar-refractivity contribution in [2.45, 2.75) is 26.4 Å². The van der Waals surface area contributed by atoms with Crippen LogP contribution in [0.5, 0.6) is 11.5 Å². The Morgan fingerprint density at radius 3 is 2.78 bits per heavy atom. The molecule has 0 aliphatic rings. The molecule has 4 heteroatoms. The summed E-state index contributed by atoms with van der Waals surface area (Å²) in [6, 6.07) is 6.50. The summed E-state index contributed by atoms with van der Waals surface area (Å²) in [6.07, 6.45) is 2.12. The molecule has 0 spiro atoms. The van der Waals surface area contributed by atoms with Crippen LogP contribution >= 0.6 is 11.8 Å². The van der Waals surface area contributed by atoms with Gasteiger partial charge < -0.3 is 14.8 Å². The average Bonchev–Trinajstić information content (AvgIpc) is 2.37.